The van der Waals surface area contributed by atoms with Gasteiger partial charge in [-0.15, -0.1) is 5.73 Å². The summed E-state index contributed by atoms with van der Waals surface area (Å²) in [6, 6.07) is 0. The zero-order chi connectivity index (χ0) is 11.0. The highest BCUT2D eigenvalue weighted by atomic mass is 15.1. The molecule has 3 rings (SSSR count). The fourth-order valence-corrected chi connectivity index (χ4v) is 2.37. The molecule has 0 bridgehead atoms. The Morgan fingerprint density at radius 1 is 1.19 bits per heavy atom. The van der Waals surface area contributed by atoms with E-state index < -0.39 is 0 Å². The van der Waals surface area contributed by atoms with Crippen LogP contribution in [-0.4, -0.2) is 11.9 Å². The largest absolute Gasteiger partial charge is 0.346 e. The third kappa shape index (κ3) is 1.26. The molecule has 1 unspecified atom stereocenters. The zero-order valence-electron chi connectivity index (χ0n) is 9.22. The molecule has 1 heteroatoms. The molecule has 1 atom stereocenters. The monoisotopic (exact) mass is 207 g/mol. The maximum atomic E-state index is 3.17. The summed E-state index contributed by atoms with van der Waals surface area (Å²) in [4.78, 5) is 2.25. The van der Waals surface area contributed by atoms with Crippen molar-refractivity contribution in [2.45, 2.75) is 0 Å². The molecular formula is C15H13N. The van der Waals surface area contributed by atoms with Crippen molar-refractivity contribution in [3.63, 3.8) is 0 Å². The number of nitrogens with zero attached hydrogens (tertiary/aromatic N) is 1. The van der Waals surface area contributed by atoms with Gasteiger partial charge in [-0.3, -0.25) is 0 Å². The highest BCUT2D eigenvalue weighted by Crippen LogP contribution is 2.39. The van der Waals surface area contributed by atoms with Crippen LogP contribution in [0.3, 0.4) is 0 Å². The van der Waals surface area contributed by atoms with Crippen molar-refractivity contribution in [3.8, 4) is 0 Å². The molecule has 0 N–H and O–H groups in total. The summed E-state index contributed by atoms with van der Waals surface area (Å²) in [5.74, 6) is 0.385. The average Bonchev–Trinajstić information content (AvgIpc) is 2.60. The van der Waals surface area contributed by atoms with Crippen LogP contribution in [0.15, 0.2) is 77.4 Å². The summed E-state index contributed by atoms with van der Waals surface area (Å²) < 4.78 is 0. The summed E-state index contributed by atoms with van der Waals surface area (Å²) in [7, 11) is 2.12. The molecular weight excluding hydrogens is 194 g/mol. The Morgan fingerprint density at radius 2 is 2.12 bits per heavy atom. The molecule has 0 aromatic carbocycles. The van der Waals surface area contributed by atoms with Crippen molar-refractivity contribution in [3.05, 3.63) is 77.4 Å². The van der Waals surface area contributed by atoms with E-state index in [-0.39, 0.29) is 0 Å². The summed E-state index contributed by atoms with van der Waals surface area (Å²) >= 11 is 0. The van der Waals surface area contributed by atoms with E-state index >= 15 is 0 Å². The van der Waals surface area contributed by atoms with Crippen LogP contribution in [0.2, 0.25) is 0 Å². The molecule has 0 saturated carbocycles. The van der Waals surface area contributed by atoms with Gasteiger partial charge in [-0.1, -0.05) is 36.5 Å². The lowest BCUT2D eigenvalue weighted by Crippen LogP contribution is -2.12. The van der Waals surface area contributed by atoms with Gasteiger partial charge in [0.15, 0.2) is 0 Å². The summed E-state index contributed by atoms with van der Waals surface area (Å²) in [6.07, 6.45) is 19.0. The summed E-state index contributed by atoms with van der Waals surface area (Å²) in [6.45, 7) is 0. The maximum absolute atomic E-state index is 3.17. The first-order chi connectivity index (χ1) is 7.88. The van der Waals surface area contributed by atoms with Gasteiger partial charge in [0, 0.05) is 24.7 Å². The van der Waals surface area contributed by atoms with Gasteiger partial charge in [0.1, 0.15) is 0 Å². The van der Waals surface area contributed by atoms with Gasteiger partial charge in [0.05, 0.1) is 5.70 Å². The minimum atomic E-state index is 0.385. The van der Waals surface area contributed by atoms with E-state index in [2.05, 4.69) is 66.3 Å². The topological polar surface area (TPSA) is 3.24 Å². The van der Waals surface area contributed by atoms with Crippen LogP contribution in [0.4, 0.5) is 0 Å². The fourth-order valence-electron chi connectivity index (χ4n) is 2.37. The second-order valence-corrected chi connectivity index (χ2v) is 4.08. The van der Waals surface area contributed by atoms with Gasteiger partial charge in [0.25, 0.3) is 0 Å². The highest BCUT2D eigenvalue weighted by Gasteiger charge is 2.30. The lowest BCUT2D eigenvalue weighted by atomic mass is 9.97. The fraction of sp³-hybridized carbons (Fsp3) is 0.133. The standard InChI is InChI=1S/C15H13N/c1-16-14-10-6-2-4-8-12(14)13-9-5-3-7-11-15(13)16/h2-6,8-12H,1H3. The maximum Gasteiger partial charge on any atom is 0.0526 e. The number of hydrogen-bond donors (Lipinski definition) is 0. The molecule has 0 aromatic heterocycles. The van der Waals surface area contributed by atoms with E-state index in [1.807, 2.05) is 6.08 Å². The number of fused-ring (bicyclic) bond motifs is 2. The van der Waals surface area contributed by atoms with Crippen LogP contribution in [-0.2, 0) is 0 Å². The molecule has 16 heavy (non-hydrogen) atoms. The second kappa shape index (κ2) is 3.55. The van der Waals surface area contributed by atoms with E-state index in [4.69, 9.17) is 0 Å². The summed E-state index contributed by atoms with van der Waals surface area (Å²) in [5, 5.41) is 0. The van der Waals surface area contributed by atoms with Crippen LogP contribution in [0.25, 0.3) is 0 Å². The van der Waals surface area contributed by atoms with E-state index in [0.29, 0.717) is 5.92 Å². The molecule has 2 aliphatic carbocycles. The molecule has 1 aliphatic heterocycles. The third-order valence-electron chi connectivity index (χ3n) is 3.18. The molecule has 0 fully saturated rings. The molecule has 78 valence electrons. The van der Waals surface area contributed by atoms with Gasteiger partial charge in [-0.25, -0.2) is 0 Å². The smallest absolute Gasteiger partial charge is 0.0526 e. The minimum absolute atomic E-state index is 0.385. The predicted molar refractivity (Wildman–Crippen MR) is 66.4 cm³/mol. The molecule has 0 saturated heterocycles. The molecule has 0 radical (unpaired) electrons. The first-order valence-electron chi connectivity index (χ1n) is 5.50. The van der Waals surface area contributed by atoms with Crippen molar-refractivity contribution in [2.24, 2.45) is 5.92 Å². The Labute approximate surface area is 95.8 Å². The number of hydrogen-bond acceptors (Lipinski definition) is 1. The van der Waals surface area contributed by atoms with Gasteiger partial charge in [-0.2, -0.15) is 0 Å². The molecule has 1 nitrogen and oxygen atoms in total. The molecule has 1 heterocycles. The van der Waals surface area contributed by atoms with Crippen molar-refractivity contribution in [1.82, 2.24) is 4.90 Å². The lowest BCUT2D eigenvalue weighted by molar-refractivity contribution is 0.538. The van der Waals surface area contributed by atoms with Gasteiger partial charge >= 0.3 is 0 Å². The predicted octanol–water partition coefficient (Wildman–Crippen LogP) is 3.09. The third-order valence-corrected chi connectivity index (χ3v) is 3.18. The van der Waals surface area contributed by atoms with E-state index in [1.54, 1.807) is 0 Å². The average molecular weight is 207 g/mol. The first kappa shape index (κ1) is 9.26. The Kier molecular flexibility index (Phi) is 2.05. The highest BCUT2D eigenvalue weighted by molar-refractivity contribution is 5.51. The van der Waals surface area contributed by atoms with Gasteiger partial charge in [0.2, 0.25) is 0 Å². The second-order valence-electron chi connectivity index (χ2n) is 4.08. The van der Waals surface area contributed by atoms with E-state index in [9.17, 15) is 0 Å². The van der Waals surface area contributed by atoms with E-state index in [1.165, 1.54) is 17.0 Å². The van der Waals surface area contributed by atoms with Crippen LogP contribution in [0.1, 0.15) is 0 Å². The van der Waals surface area contributed by atoms with Crippen LogP contribution < -0.4 is 0 Å². The Morgan fingerprint density at radius 3 is 3.06 bits per heavy atom. The molecule has 3 aliphatic rings. The van der Waals surface area contributed by atoms with Crippen molar-refractivity contribution in [1.29, 1.82) is 0 Å². The van der Waals surface area contributed by atoms with Crippen molar-refractivity contribution in [2.75, 3.05) is 7.05 Å². The number of allylic oxidation sites excluding steroid dienone is 8. The normalized spacial score (nSPS) is 25.4. The molecule has 0 aromatic rings. The SMILES string of the molecule is CN1C2=CC=CC=CC2C2=C1C=C=CC=C2. The number of rotatable bonds is 0. The molecule has 0 amide bonds. The zero-order valence-corrected chi connectivity index (χ0v) is 9.22. The van der Waals surface area contributed by atoms with Gasteiger partial charge in [-0.05, 0) is 17.7 Å². The van der Waals surface area contributed by atoms with E-state index in [0.717, 1.165) is 0 Å². The first-order valence-corrected chi connectivity index (χ1v) is 5.50. The van der Waals surface area contributed by atoms with Crippen molar-refractivity contribution >= 4 is 0 Å². The Hall–Kier alpha value is -1.98. The quantitative estimate of drug-likeness (QED) is 0.552. The summed E-state index contributed by atoms with van der Waals surface area (Å²) in [5.41, 5.74) is 7.11. The van der Waals surface area contributed by atoms with Crippen LogP contribution >= 0.6 is 0 Å². The number of likely N-dealkylation sites (N-methyl/N-ethyl adjacent to an activating group) is 1. The Bertz CT molecular complexity index is 532. The lowest BCUT2D eigenvalue weighted by Gasteiger charge is -2.17. The van der Waals surface area contributed by atoms with Crippen molar-refractivity contribution < 1.29 is 0 Å². The van der Waals surface area contributed by atoms with Gasteiger partial charge < -0.3 is 4.90 Å². The van der Waals surface area contributed by atoms with Crippen LogP contribution in [0, 0.1) is 5.92 Å². The van der Waals surface area contributed by atoms with Crippen LogP contribution in [0.5, 0.6) is 0 Å². The Balaban J connectivity index is 2.16. The molecule has 0 spiro atoms. The minimum Gasteiger partial charge on any atom is -0.346 e.